The number of ether oxygens (including phenoxy) is 2. The Morgan fingerprint density at radius 3 is 2.37 bits per heavy atom. The average molecular weight is 525 g/mol. The highest BCUT2D eigenvalue weighted by molar-refractivity contribution is 5.71. The van der Waals surface area contributed by atoms with Crippen LogP contribution in [0.15, 0.2) is 66.7 Å². The van der Waals surface area contributed by atoms with E-state index in [-0.39, 0.29) is 41.9 Å². The summed E-state index contributed by atoms with van der Waals surface area (Å²) in [5, 5.41) is 10.4. The topological polar surface area (TPSA) is 38.7 Å². The minimum absolute atomic E-state index is 0.0962. The van der Waals surface area contributed by atoms with E-state index in [4.69, 9.17) is 9.47 Å². The van der Waals surface area contributed by atoms with Gasteiger partial charge < -0.3 is 14.6 Å². The summed E-state index contributed by atoms with van der Waals surface area (Å²) in [6.45, 7) is 4.51. The highest BCUT2D eigenvalue weighted by atomic mass is 19.2. The Kier molecular flexibility index (Phi) is 9.64. The fourth-order valence-electron chi connectivity index (χ4n) is 4.88. The van der Waals surface area contributed by atoms with Gasteiger partial charge in [0.15, 0.2) is 11.6 Å². The summed E-state index contributed by atoms with van der Waals surface area (Å²) in [5.74, 6) is -2.39. The zero-order valence-corrected chi connectivity index (χ0v) is 21.9. The molecule has 202 valence electrons. The molecule has 0 spiro atoms. The van der Waals surface area contributed by atoms with Crippen molar-refractivity contribution in [1.82, 2.24) is 0 Å². The normalized spacial score (nSPS) is 18.6. The Balaban J connectivity index is 1.43. The second kappa shape index (κ2) is 13.1. The van der Waals surface area contributed by atoms with Crippen molar-refractivity contribution in [2.24, 2.45) is 5.92 Å². The number of rotatable bonds is 10. The van der Waals surface area contributed by atoms with Gasteiger partial charge in [-0.15, -0.1) is 0 Å². The van der Waals surface area contributed by atoms with E-state index in [1.54, 1.807) is 42.5 Å². The number of hydrogen-bond acceptors (Lipinski definition) is 3. The summed E-state index contributed by atoms with van der Waals surface area (Å²) in [5.41, 5.74) is 2.59. The van der Waals surface area contributed by atoms with Crippen molar-refractivity contribution >= 4 is 0 Å². The second-order valence-electron chi connectivity index (χ2n) is 9.80. The summed E-state index contributed by atoms with van der Waals surface area (Å²) in [4.78, 5) is 0. The van der Waals surface area contributed by atoms with Gasteiger partial charge in [0, 0.05) is 17.0 Å². The maximum Gasteiger partial charge on any atom is 0.201 e. The number of aliphatic hydroxyl groups is 1. The fraction of sp³-hybridized carbons (Fsp3) is 0.375. The SMILES string of the molecule is C/C=C/COc1ccc(-c2ccc(-c3ccc(C4CCC(C(O)CCCC)CO4)c(F)c3)cc2)c(F)c1F. The number of hydrogen-bond donors (Lipinski definition) is 1. The van der Waals surface area contributed by atoms with E-state index in [9.17, 15) is 13.9 Å². The number of halogens is 3. The molecule has 1 N–H and O–H groups in total. The van der Waals surface area contributed by atoms with Crippen LogP contribution >= 0.6 is 0 Å². The molecule has 3 atom stereocenters. The maximum atomic E-state index is 15.1. The summed E-state index contributed by atoms with van der Waals surface area (Å²) in [6, 6.07) is 14.9. The van der Waals surface area contributed by atoms with Crippen molar-refractivity contribution < 1.29 is 27.8 Å². The van der Waals surface area contributed by atoms with Crippen LogP contribution in [0.25, 0.3) is 22.3 Å². The molecular formula is C32H35F3O3. The average Bonchev–Trinajstić information content (AvgIpc) is 2.94. The smallest absolute Gasteiger partial charge is 0.201 e. The second-order valence-corrected chi connectivity index (χ2v) is 9.80. The highest BCUT2D eigenvalue weighted by Gasteiger charge is 2.29. The van der Waals surface area contributed by atoms with Gasteiger partial charge in [0.25, 0.3) is 0 Å². The van der Waals surface area contributed by atoms with Crippen molar-refractivity contribution in [2.45, 2.75) is 58.2 Å². The van der Waals surface area contributed by atoms with Gasteiger partial charge in [-0.2, -0.15) is 4.39 Å². The van der Waals surface area contributed by atoms with Crippen LogP contribution in [0.1, 0.15) is 57.6 Å². The van der Waals surface area contributed by atoms with Crippen molar-refractivity contribution in [1.29, 1.82) is 0 Å². The van der Waals surface area contributed by atoms with Gasteiger partial charge >= 0.3 is 0 Å². The lowest BCUT2D eigenvalue weighted by Gasteiger charge is -2.32. The predicted octanol–water partition coefficient (Wildman–Crippen LogP) is 8.41. The first-order chi connectivity index (χ1) is 18.4. The third-order valence-corrected chi connectivity index (χ3v) is 7.20. The fourth-order valence-corrected chi connectivity index (χ4v) is 4.88. The number of aliphatic hydroxyl groups excluding tert-OH is 1. The molecule has 1 aliphatic rings. The van der Waals surface area contributed by atoms with Crippen LogP contribution in [0, 0.1) is 23.4 Å². The zero-order valence-electron chi connectivity index (χ0n) is 21.9. The van der Waals surface area contributed by atoms with Crippen LogP contribution in [-0.2, 0) is 4.74 Å². The van der Waals surface area contributed by atoms with Crippen molar-refractivity contribution in [2.75, 3.05) is 13.2 Å². The molecule has 1 fully saturated rings. The number of benzene rings is 3. The highest BCUT2D eigenvalue weighted by Crippen LogP contribution is 2.36. The standard InChI is InChI=1S/C32H35F3O3/c1-3-5-7-28(36)24-13-16-29(38-20-24)26-14-12-23(19-27(26)33)21-8-10-22(11-9-21)25-15-17-30(32(35)31(25)34)37-18-6-4-2/h4,6,8-12,14-15,17,19,24,28-29,36H,3,5,7,13,16,18,20H2,1-2H3/b6-4+. The first kappa shape index (κ1) is 27.9. The van der Waals surface area contributed by atoms with E-state index in [2.05, 4.69) is 6.92 Å². The molecule has 3 unspecified atom stereocenters. The molecule has 1 saturated heterocycles. The zero-order chi connectivity index (χ0) is 27.1. The van der Waals surface area contributed by atoms with E-state index in [1.165, 1.54) is 18.2 Å². The quantitative estimate of drug-likeness (QED) is 0.271. The molecule has 3 aromatic rings. The predicted molar refractivity (Wildman–Crippen MR) is 144 cm³/mol. The first-order valence-corrected chi connectivity index (χ1v) is 13.3. The molecule has 4 rings (SSSR count). The summed E-state index contributed by atoms with van der Waals surface area (Å²) < 4.78 is 55.5. The molecule has 0 radical (unpaired) electrons. The van der Waals surface area contributed by atoms with E-state index < -0.39 is 11.6 Å². The first-order valence-electron chi connectivity index (χ1n) is 13.3. The lowest BCUT2D eigenvalue weighted by molar-refractivity contribution is -0.0592. The summed E-state index contributed by atoms with van der Waals surface area (Å²) in [7, 11) is 0. The monoisotopic (exact) mass is 524 g/mol. The van der Waals surface area contributed by atoms with Gasteiger partial charge in [0.05, 0.1) is 18.8 Å². The van der Waals surface area contributed by atoms with E-state index in [0.717, 1.165) is 31.2 Å². The molecule has 0 aromatic heterocycles. The van der Waals surface area contributed by atoms with Crippen LogP contribution in [0.3, 0.4) is 0 Å². The molecule has 1 aliphatic heterocycles. The third kappa shape index (κ3) is 6.48. The lowest BCUT2D eigenvalue weighted by atomic mass is 9.88. The molecule has 6 heteroatoms. The van der Waals surface area contributed by atoms with Gasteiger partial charge in [-0.1, -0.05) is 68.3 Å². The Morgan fingerprint density at radius 1 is 0.974 bits per heavy atom. The minimum Gasteiger partial charge on any atom is -0.486 e. The van der Waals surface area contributed by atoms with Crippen LogP contribution in [0.4, 0.5) is 13.2 Å². The molecule has 1 heterocycles. The Bertz CT molecular complexity index is 1230. The summed E-state index contributed by atoms with van der Waals surface area (Å²) >= 11 is 0. The molecule has 3 aromatic carbocycles. The largest absolute Gasteiger partial charge is 0.486 e. The van der Waals surface area contributed by atoms with Gasteiger partial charge in [-0.05, 0) is 61.1 Å². The molecule has 0 bridgehead atoms. The maximum absolute atomic E-state index is 15.1. The molecule has 38 heavy (non-hydrogen) atoms. The van der Waals surface area contributed by atoms with Crippen LogP contribution in [-0.4, -0.2) is 24.4 Å². The Hall–Kier alpha value is -3.09. The van der Waals surface area contributed by atoms with Crippen LogP contribution in [0.5, 0.6) is 5.75 Å². The Morgan fingerprint density at radius 2 is 1.71 bits per heavy atom. The van der Waals surface area contributed by atoms with E-state index >= 15 is 4.39 Å². The van der Waals surface area contributed by atoms with E-state index in [1.807, 2.05) is 13.0 Å². The van der Waals surface area contributed by atoms with Crippen molar-refractivity contribution in [3.63, 3.8) is 0 Å². The van der Waals surface area contributed by atoms with E-state index in [0.29, 0.717) is 29.7 Å². The summed E-state index contributed by atoms with van der Waals surface area (Å²) in [6.07, 6.45) is 7.05. The van der Waals surface area contributed by atoms with Crippen molar-refractivity contribution in [3.05, 3.63) is 89.8 Å². The molecule has 3 nitrogen and oxygen atoms in total. The Labute approximate surface area is 222 Å². The molecule has 0 saturated carbocycles. The number of allylic oxidation sites excluding steroid dienone is 1. The van der Waals surface area contributed by atoms with Gasteiger partial charge in [0.2, 0.25) is 5.82 Å². The van der Waals surface area contributed by atoms with Gasteiger partial charge in [-0.25, -0.2) is 8.78 Å². The third-order valence-electron chi connectivity index (χ3n) is 7.20. The van der Waals surface area contributed by atoms with Gasteiger partial charge in [-0.3, -0.25) is 0 Å². The van der Waals surface area contributed by atoms with Crippen LogP contribution in [0.2, 0.25) is 0 Å². The molecular weight excluding hydrogens is 489 g/mol. The van der Waals surface area contributed by atoms with Crippen LogP contribution < -0.4 is 4.74 Å². The molecule has 0 aliphatic carbocycles. The van der Waals surface area contributed by atoms with Gasteiger partial charge in [0.1, 0.15) is 12.4 Å². The molecule has 0 amide bonds. The van der Waals surface area contributed by atoms with Crippen molar-refractivity contribution in [3.8, 4) is 28.0 Å². The number of unbranched alkanes of at least 4 members (excludes halogenated alkanes) is 1. The minimum atomic E-state index is -1.03. The lowest BCUT2D eigenvalue weighted by Crippen LogP contribution is -2.30.